The Morgan fingerprint density at radius 1 is 0.919 bits per heavy atom. The minimum Gasteiger partial charge on any atom is -0.494 e. The average Bonchev–Trinajstić information content (AvgIpc) is 3.56. The molecule has 5 rings (SSSR count). The topological polar surface area (TPSA) is 38.8 Å². The lowest BCUT2D eigenvalue weighted by molar-refractivity contribution is -0.143. The van der Waals surface area contributed by atoms with Crippen molar-refractivity contribution >= 4 is 27.4 Å². The molecule has 1 aromatic heterocycles. The van der Waals surface area contributed by atoms with Crippen molar-refractivity contribution in [3.05, 3.63) is 89.5 Å². The van der Waals surface area contributed by atoms with Crippen LogP contribution in [0.25, 0.3) is 20.5 Å². The molecule has 1 saturated heterocycles. The number of hydrogen-bond donors (Lipinski definition) is 0. The van der Waals surface area contributed by atoms with E-state index in [9.17, 15) is 4.79 Å². The lowest BCUT2D eigenvalue weighted by Gasteiger charge is -2.14. The van der Waals surface area contributed by atoms with Gasteiger partial charge >= 0.3 is 5.97 Å². The predicted molar refractivity (Wildman–Crippen MR) is 152 cm³/mol. The molecule has 2 heterocycles. The Morgan fingerprint density at radius 3 is 2.41 bits per heavy atom. The molecule has 1 aliphatic rings. The van der Waals surface area contributed by atoms with Crippen molar-refractivity contribution in [2.24, 2.45) is 0 Å². The van der Waals surface area contributed by atoms with E-state index in [0.717, 1.165) is 18.7 Å². The number of benzene rings is 3. The summed E-state index contributed by atoms with van der Waals surface area (Å²) >= 11 is 1.86. The number of carbonyl (C=O) groups excluding carboxylic acids is 1. The molecule has 0 amide bonds. The van der Waals surface area contributed by atoms with Crippen molar-refractivity contribution in [3.8, 4) is 16.2 Å². The third-order valence-corrected chi connectivity index (χ3v) is 8.18. The van der Waals surface area contributed by atoms with Crippen LogP contribution in [0.4, 0.5) is 0 Å². The molecular formula is C32H35NO3S. The maximum Gasteiger partial charge on any atom is 0.305 e. The average molecular weight is 514 g/mol. The van der Waals surface area contributed by atoms with E-state index in [0.29, 0.717) is 26.1 Å². The van der Waals surface area contributed by atoms with Crippen LogP contribution >= 0.6 is 11.3 Å². The van der Waals surface area contributed by atoms with E-state index in [2.05, 4.69) is 65.6 Å². The van der Waals surface area contributed by atoms with E-state index >= 15 is 0 Å². The summed E-state index contributed by atoms with van der Waals surface area (Å²) in [5.74, 6) is 0.656. The highest BCUT2D eigenvalue weighted by Gasteiger charge is 2.15. The number of likely N-dealkylation sites (tertiary alicyclic amines) is 1. The minimum absolute atomic E-state index is 0.167. The van der Waals surface area contributed by atoms with E-state index in [1.165, 1.54) is 63.1 Å². The van der Waals surface area contributed by atoms with Gasteiger partial charge in [-0.25, -0.2) is 0 Å². The molecule has 0 radical (unpaired) electrons. The first-order chi connectivity index (χ1) is 18.2. The first-order valence-corrected chi connectivity index (χ1v) is 14.2. The fourth-order valence-corrected chi connectivity index (χ4v) is 6.24. The standard InChI is InChI=1S/C32H35NO3S/c1-2-35-31(34)10-7-21-36-27-17-15-26(16-18-27)32-29(28-8-3-4-9-30(28)37-32)22-24-11-13-25(14-12-24)23-33-19-5-6-20-33/h3-4,8-9,11-18H,2,5-7,10,19-23H2,1H3. The maximum absolute atomic E-state index is 11.5. The lowest BCUT2D eigenvalue weighted by atomic mass is 9.98. The van der Waals surface area contributed by atoms with Gasteiger partial charge in [-0.15, -0.1) is 11.3 Å². The van der Waals surface area contributed by atoms with Gasteiger partial charge in [-0.3, -0.25) is 9.69 Å². The molecule has 0 aliphatic carbocycles. The van der Waals surface area contributed by atoms with Gasteiger partial charge in [0.05, 0.1) is 13.2 Å². The molecule has 0 N–H and O–H groups in total. The molecular weight excluding hydrogens is 478 g/mol. The smallest absolute Gasteiger partial charge is 0.305 e. The van der Waals surface area contributed by atoms with Crippen LogP contribution in [0.15, 0.2) is 72.8 Å². The second-order valence-corrected chi connectivity index (χ2v) is 10.7. The Kier molecular flexibility index (Phi) is 8.54. The van der Waals surface area contributed by atoms with Gasteiger partial charge in [-0.05, 0) is 104 Å². The molecule has 4 aromatic rings. The van der Waals surface area contributed by atoms with Gasteiger partial charge in [-0.1, -0.05) is 42.5 Å². The number of ether oxygens (including phenoxy) is 2. The zero-order valence-corrected chi connectivity index (χ0v) is 22.4. The maximum atomic E-state index is 11.5. The molecule has 0 spiro atoms. The van der Waals surface area contributed by atoms with E-state index in [-0.39, 0.29) is 5.97 Å². The number of thiophene rings is 1. The molecule has 5 heteroatoms. The Bertz CT molecular complexity index is 1300. The second kappa shape index (κ2) is 12.4. The van der Waals surface area contributed by atoms with E-state index in [1.807, 2.05) is 30.4 Å². The Balaban J connectivity index is 1.29. The quantitative estimate of drug-likeness (QED) is 0.154. The SMILES string of the molecule is CCOC(=O)CCCOc1ccc(-c2sc3ccccc3c2Cc2ccc(CN3CCCC3)cc2)cc1. The van der Waals surface area contributed by atoms with Gasteiger partial charge in [0, 0.05) is 22.5 Å². The van der Waals surface area contributed by atoms with Crippen molar-refractivity contribution < 1.29 is 14.3 Å². The van der Waals surface area contributed by atoms with Crippen molar-refractivity contribution in [1.82, 2.24) is 4.90 Å². The predicted octanol–water partition coefficient (Wildman–Crippen LogP) is 7.48. The highest BCUT2D eigenvalue weighted by Crippen LogP contribution is 2.40. The van der Waals surface area contributed by atoms with Crippen LogP contribution in [0, 0.1) is 0 Å². The normalized spacial score (nSPS) is 13.8. The van der Waals surface area contributed by atoms with Gasteiger partial charge in [0.25, 0.3) is 0 Å². The van der Waals surface area contributed by atoms with E-state index < -0.39 is 0 Å². The fraction of sp³-hybridized carbons (Fsp3) is 0.344. The Morgan fingerprint density at radius 2 is 1.65 bits per heavy atom. The first kappa shape index (κ1) is 25.5. The van der Waals surface area contributed by atoms with E-state index in [4.69, 9.17) is 9.47 Å². The van der Waals surface area contributed by atoms with E-state index in [1.54, 1.807) is 0 Å². The molecule has 1 fully saturated rings. The van der Waals surface area contributed by atoms with Crippen molar-refractivity contribution in [2.75, 3.05) is 26.3 Å². The fourth-order valence-electron chi connectivity index (χ4n) is 5.02. The molecule has 0 atom stereocenters. The number of hydrogen-bond acceptors (Lipinski definition) is 5. The van der Waals surface area contributed by atoms with Gasteiger partial charge in [-0.2, -0.15) is 0 Å². The minimum atomic E-state index is -0.167. The van der Waals surface area contributed by atoms with Crippen molar-refractivity contribution in [3.63, 3.8) is 0 Å². The number of rotatable bonds is 11. The van der Waals surface area contributed by atoms with Crippen LogP contribution < -0.4 is 4.74 Å². The molecule has 0 saturated carbocycles. The summed E-state index contributed by atoms with van der Waals surface area (Å²) in [5, 5.41) is 1.34. The number of fused-ring (bicyclic) bond motifs is 1. The molecule has 0 bridgehead atoms. The summed E-state index contributed by atoms with van der Waals surface area (Å²) in [6.45, 7) is 6.26. The second-order valence-electron chi connectivity index (χ2n) is 9.66. The Hall–Kier alpha value is -3.15. The van der Waals surface area contributed by atoms with Crippen molar-refractivity contribution in [1.29, 1.82) is 0 Å². The summed E-state index contributed by atoms with van der Waals surface area (Å²) in [6.07, 6.45) is 4.60. The van der Waals surface area contributed by atoms with Crippen LogP contribution in [0.2, 0.25) is 0 Å². The summed E-state index contributed by atoms with van der Waals surface area (Å²) in [4.78, 5) is 15.4. The third-order valence-electron chi connectivity index (χ3n) is 6.92. The zero-order valence-electron chi connectivity index (χ0n) is 21.6. The summed E-state index contributed by atoms with van der Waals surface area (Å²) in [5.41, 5.74) is 5.34. The summed E-state index contributed by atoms with van der Waals surface area (Å²) in [7, 11) is 0. The number of carbonyl (C=O) groups is 1. The highest BCUT2D eigenvalue weighted by molar-refractivity contribution is 7.22. The van der Waals surface area contributed by atoms with Crippen LogP contribution in [-0.2, 0) is 22.5 Å². The van der Waals surface area contributed by atoms with Gasteiger partial charge < -0.3 is 9.47 Å². The van der Waals surface area contributed by atoms with Crippen molar-refractivity contribution in [2.45, 2.75) is 45.6 Å². The van der Waals surface area contributed by atoms with Crippen LogP contribution in [-0.4, -0.2) is 37.2 Å². The molecule has 4 nitrogen and oxygen atoms in total. The molecule has 3 aromatic carbocycles. The third kappa shape index (κ3) is 6.60. The lowest BCUT2D eigenvalue weighted by Crippen LogP contribution is -2.18. The van der Waals surface area contributed by atoms with Gasteiger partial charge in [0.1, 0.15) is 5.75 Å². The summed E-state index contributed by atoms with van der Waals surface area (Å²) < 4.78 is 12.2. The number of esters is 1. The molecule has 192 valence electrons. The van der Waals surface area contributed by atoms with Gasteiger partial charge in [0.15, 0.2) is 0 Å². The highest BCUT2D eigenvalue weighted by atomic mass is 32.1. The molecule has 0 unspecified atom stereocenters. The van der Waals surface area contributed by atoms with Crippen LogP contribution in [0.5, 0.6) is 5.75 Å². The van der Waals surface area contributed by atoms with Crippen LogP contribution in [0.1, 0.15) is 49.3 Å². The van der Waals surface area contributed by atoms with Crippen LogP contribution in [0.3, 0.4) is 0 Å². The first-order valence-electron chi connectivity index (χ1n) is 13.4. The zero-order chi connectivity index (χ0) is 25.5. The molecule has 1 aliphatic heterocycles. The Labute approximate surface area is 223 Å². The summed E-state index contributed by atoms with van der Waals surface area (Å²) in [6, 6.07) is 26.3. The number of nitrogens with zero attached hydrogens (tertiary/aromatic N) is 1. The monoisotopic (exact) mass is 513 g/mol. The molecule has 37 heavy (non-hydrogen) atoms. The largest absolute Gasteiger partial charge is 0.494 e. The van der Waals surface area contributed by atoms with Gasteiger partial charge in [0.2, 0.25) is 0 Å².